The summed E-state index contributed by atoms with van der Waals surface area (Å²) in [4.78, 5) is 52.6. The largest absolute Gasteiger partial charge is 0.477 e. The molecule has 7 rings (SSSR count). The van der Waals surface area contributed by atoms with Crippen LogP contribution in [0.3, 0.4) is 0 Å². The number of ether oxygens (including phenoxy) is 5. The molecule has 4 aliphatic rings. The lowest BCUT2D eigenvalue weighted by atomic mass is 9.53. The van der Waals surface area contributed by atoms with Crippen molar-refractivity contribution in [1.29, 1.82) is 0 Å². The second-order valence-corrected chi connectivity index (χ2v) is 11.9. The second-order valence-electron chi connectivity index (χ2n) is 11.9. The van der Waals surface area contributed by atoms with E-state index >= 15 is 0 Å². The van der Waals surface area contributed by atoms with Gasteiger partial charge in [-0.3, -0.25) is 9.59 Å². The Bertz CT molecular complexity index is 1800. The van der Waals surface area contributed by atoms with Crippen LogP contribution >= 0.6 is 0 Å². The fourth-order valence-corrected chi connectivity index (χ4v) is 7.56. The average Bonchev–Trinajstić information content (AvgIpc) is 3.36. The molecular formula is C35H31NO9. The third-order valence-electron chi connectivity index (χ3n) is 9.34. The molecule has 2 aliphatic heterocycles. The van der Waals surface area contributed by atoms with E-state index in [0.29, 0.717) is 17.9 Å². The molecule has 1 saturated heterocycles. The average molecular weight is 610 g/mol. The van der Waals surface area contributed by atoms with E-state index in [1.165, 1.54) is 26.0 Å². The highest BCUT2D eigenvalue weighted by Crippen LogP contribution is 2.64. The molecule has 0 saturated carbocycles. The summed E-state index contributed by atoms with van der Waals surface area (Å²) in [7, 11) is 2.14. The van der Waals surface area contributed by atoms with E-state index in [9.17, 15) is 19.2 Å². The summed E-state index contributed by atoms with van der Waals surface area (Å²) >= 11 is 0. The molecule has 0 N–H and O–H groups in total. The van der Waals surface area contributed by atoms with Crippen molar-refractivity contribution in [2.24, 2.45) is 5.92 Å². The Hall–Kier alpha value is -4.96. The number of esters is 4. The molecule has 0 radical (unpaired) electrons. The van der Waals surface area contributed by atoms with Crippen LogP contribution in [0.2, 0.25) is 0 Å². The standard InChI is InChI=1S/C35H31NO9/c1-19(37)41-26-10-6-4-8-22(26)33(39)43-28-14-12-21-18-25-24-13-15-29(32-35(24,16-17-36(25)3)30(21)31(28)45-32)44-34(40)23-9-5-7-11-27(23)42-20(2)38/h4-12,14-15,24-25,32H,13,16-18H2,1-3H3/t24-,25+,32-,35-/m0/s1. The van der Waals surface area contributed by atoms with Crippen molar-refractivity contribution in [2.45, 2.75) is 50.7 Å². The van der Waals surface area contributed by atoms with Crippen LogP contribution in [0.1, 0.15) is 58.5 Å². The van der Waals surface area contributed by atoms with Gasteiger partial charge in [0.05, 0.1) is 0 Å². The summed E-state index contributed by atoms with van der Waals surface area (Å²) in [6.45, 7) is 3.35. The van der Waals surface area contributed by atoms with Gasteiger partial charge in [0, 0.05) is 30.9 Å². The monoisotopic (exact) mass is 609 g/mol. The molecule has 45 heavy (non-hydrogen) atoms. The molecule has 2 heterocycles. The van der Waals surface area contributed by atoms with Crippen LogP contribution in [0.15, 0.2) is 72.5 Å². The van der Waals surface area contributed by atoms with E-state index < -0.39 is 35.4 Å². The highest BCUT2D eigenvalue weighted by atomic mass is 16.6. The van der Waals surface area contributed by atoms with Crippen LogP contribution in [-0.4, -0.2) is 54.5 Å². The van der Waals surface area contributed by atoms with E-state index in [1.807, 2.05) is 12.1 Å². The molecule has 3 aromatic rings. The van der Waals surface area contributed by atoms with Gasteiger partial charge in [-0.1, -0.05) is 30.3 Å². The molecule has 0 amide bonds. The lowest BCUT2D eigenvalue weighted by molar-refractivity contribution is -0.132. The topological polar surface area (TPSA) is 118 Å². The van der Waals surface area contributed by atoms with Gasteiger partial charge in [0.25, 0.3) is 0 Å². The van der Waals surface area contributed by atoms with Gasteiger partial charge in [-0.15, -0.1) is 0 Å². The number of nitrogens with zero attached hydrogens (tertiary/aromatic N) is 1. The van der Waals surface area contributed by atoms with Gasteiger partial charge >= 0.3 is 23.9 Å². The normalized spacial score (nSPS) is 24.0. The summed E-state index contributed by atoms with van der Waals surface area (Å²) in [5.41, 5.74) is 1.81. The maximum atomic E-state index is 13.5. The van der Waals surface area contributed by atoms with Crippen molar-refractivity contribution in [3.05, 3.63) is 94.8 Å². The number of allylic oxidation sites excluding steroid dienone is 1. The van der Waals surface area contributed by atoms with Crippen LogP contribution in [0.5, 0.6) is 23.0 Å². The SMILES string of the molecule is CC(=O)Oc1ccccc1C(=O)OC1=CC[C@H]2[C@H]3Cc4ccc(OC(=O)c5ccccc5OC(C)=O)c5c4[C@@]2(CCN3C)[C@H]1O5. The molecule has 1 spiro atoms. The molecule has 4 atom stereocenters. The first-order valence-corrected chi connectivity index (χ1v) is 14.9. The molecule has 0 unspecified atom stereocenters. The van der Waals surface area contributed by atoms with Gasteiger partial charge in [-0.25, -0.2) is 9.59 Å². The molecule has 2 bridgehead atoms. The van der Waals surface area contributed by atoms with Crippen LogP contribution in [0.25, 0.3) is 0 Å². The van der Waals surface area contributed by atoms with Crippen molar-refractivity contribution in [3.8, 4) is 23.0 Å². The smallest absolute Gasteiger partial charge is 0.347 e. The van der Waals surface area contributed by atoms with E-state index in [2.05, 4.69) is 11.9 Å². The Balaban J connectivity index is 1.26. The third kappa shape index (κ3) is 4.67. The van der Waals surface area contributed by atoms with Gasteiger partial charge in [-0.05, 0) is 80.7 Å². The molecular weight excluding hydrogens is 578 g/mol. The maximum Gasteiger partial charge on any atom is 0.347 e. The zero-order valence-corrected chi connectivity index (χ0v) is 25.0. The van der Waals surface area contributed by atoms with Crippen molar-refractivity contribution in [2.75, 3.05) is 13.6 Å². The van der Waals surface area contributed by atoms with E-state index in [0.717, 1.165) is 30.5 Å². The predicted molar refractivity (Wildman–Crippen MR) is 159 cm³/mol. The fourth-order valence-electron chi connectivity index (χ4n) is 7.56. The Morgan fingerprint density at radius 2 is 1.42 bits per heavy atom. The van der Waals surface area contributed by atoms with Gasteiger partial charge in [-0.2, -0.15) is 0 Å². The van der Waals surface area contributed by atoms with Crippen molar-refractivity contribution < 1.29 is 42.9 Å². The van der Waals surface area contributed by atoms with E-state index in [-0.39, 0.29) is 40.3 Å². The molecule has 10 nitrogen and oxygen atoms in total. The van der Waals surface area contributed by atoms with Gasteiger partial charge in [0.2, 0.25) is 0 Å². The summed E-state index contributed by atoms with van der Waals surface area (Å²) in [6, 6.07) is 16.8. The second kappa shape index (κ2) is 10.9. The van der Waals surface area contributed by atoms with Crippen molar-refractivity contribution in [1.82, 2.24) is 4.90 Å². The summed E-state index contributed by atoms with van der Waals surface area (Å²) < 4.78 is 29.2. The van der Waals surface area contributed by atoms with Crippen molar-refractivity contribution in [3.63, 3.8) is 0 Å². The number of piperidine rings is 1. The maximum absolute atomic E-state index is 13.5. The number of carbonyl (C=O) groups excluding carboxylic acids is 4. The Kier molecular flexibility index (Phi) is 6.96. The molecule has 0 aromatic heterocycles. The highest BCUT2D eigenvalue weighted by molar-refractivity contribution is 5.95. The van der Waals surface area contributed by atoms with E-state index in [1.54, 1.807) is 42.5 Å². The van der Waals surface area contributed by atoms with E-state index in [4.69, 9.17) is 23.7 Å². The summed E-state index contributed by atoms with van der Waals surface area (Å²) in [5.74, 6) is -1.01. The fraction of sp³-hybridized carbons (Fsp3) is 0.314. The number of likely N-dealkylation sites (tertiary alicyclic amines) is 1. The zero-order chi connectivity index (χ0) is 31.5. The van der Waals surface area contributed by atoms with Crippen LogP contribution in [0.4, 0.5) is 0 Å². The Morgan fingerprint density at radius 3 is 2.07 bits per heavy atom. The molecule has 3 aromatic carbocycles. The number of hydrogen-bond acceptors (Lipinski definition) is 10. The lowest BCUT2D eigenvalue weighted by Crippen LogP contribution is -2.63. The van der Waals surface area contributed by atoms with Crippen LogP contribution in [-0.2, 0) is 26.2 Å². The minimum absolute atomic E-state index is 0.0990. The quantitative estimate of drug-likeness (QED) is 0.286. The summed E-state index contributed by atoms with van der Waals surface area (Å²) in [5, 5.41) is 0. The number of para-hydroxylation sites is 2. The third-order valence-corrected chi connectivity index (χ3v) is 9.34. The first-order chi connectivity index (χ1) is 21.7. The van der Waals surface area contributed by atoms with Crippen LogP contribution in [0, 0.1) is 5.92 Å². The molecule has 1 fully saturated rings. The van der Waals surface area contributed by atoms with Crippen molar-refractivity contribution >= 4 is 23.9 Å². The molecule has 2 aliphatic carbocycles. The number of carbonyl (C=O) groups is 4. The number of likely N-dealkylation sites (N-methyl/N-ethyl adjacent to an activating group) is 1. The van der Waals surface area contributed by atoms with Crippen LogP contribution < -0.4 is 18.9 Å². The predicted octanol–water partition coefficient (Wildman–Crippen LogP) is 4.78. The number of rotatable bonds is 6. The molecule has 230 valence electrons. The minimum Gasteiger partial charge on any atom is -0.477 e. The van der Waals surface area contributed by atoms with Gasteiger partial charge < -0.3 is 28.6 Å². The Labute approximate surface area is 259 Å². The lowest BCUT2D eigenvalue weighted by Gasteiger charge is -2.56. The summed E-state index contributed by atoms with van der Waals surface area (Å²) in [6.07, 6.45) is 3.51. The first-order valence-electron chi connectivity index (χ1n) is 14.9. The number of hydrogen-bond donors (Lipinski definition) is 0. The molecule has 10 heteroatoms. The number of benzene rings is 3. The Morgan fingerprint density at radius 1 is 0.800 bits per heavy atom. The van der Waals surface area contributed by atoms with Gasteiger partial charge in [0.1, 0.15) is 28.4 Å². The van der Waals surface area contributed by atoms with Gasteiger partial charge in [0.15, 0.2) is 17.6 Å². The first kappa shape index (κ1) is 28.8. The zero-order valence-electron chi connectivity index (χ0n) is 25.0. The highest BCUT2D eigenvalue weighted by Gasteiger charge is 2.65. The minimum atomic E-state index is -0.697.